The summed E-state index contributed by atoms with van der Waals surface area (Å²) in [5.41, 5.74) is 2.63. The Bertz CT molecular complexity index is 538. The summed E-state index contributed by atoms with van der Waals surface area (Å²) < 4.78 is 0. The summed E-state index contributed by atoms with van der Waals surface area (Å²) in [6, 6.07) is 21.1. The first-order valence-corrected chi connectivity index (χ1v) is 10.1. The zero-order valence-electron chi connectivity index (χ0n) is 16.3. The number of hydrogen-bond donors (Lipinski definition) is 2. The Morgan fingerprint density at radius 3 is 1.26 bits per heavy atom. The van der Waals surface area contributed by atoms with Crippen molar-refractivity contribution >= 4 is 0 Å². The van der Waals surface area contributed by atoms with Crippen LogP contribution in [0.25, 0.3) is 0 Å². The first kappa shape index (κ1) is 21.6. The van der Waals surface area contributed by atoms with Crippen molar-refractivity contribution in [2.75, 3.05) is 39.4 Å². The van der Waals surface area contributed by atoms with E-state index in [1.54, 1.807) is 0 Å². The third-order valence-electron chi connectivity index (χ3n) is 4.71. The van der Waals surface area contributed by atoms with Gasteiger partial charge >= 0.3 is 0 Å². The van der Waals surface area contributed by atoms with E-state index >= 15 is 0 Å². The number of nitrogens with zero attached hydrogens (tertiary/aromatic N) is 2. The second-order valence-corrected chi connectivity index (χ2v) is 7.03. The Kier molecular flexibility index (Phi) is 10.7. The molecule has 0 aliphatic carbocycles. The van der Waals surface area contributed by atoms with Crippen molar-refractivity contribution in [1.29, 1.82) is 0 Å². The van der Waals surface area contributed by atoms with Crippen LogP contribution in [0.4, 0.5) is 0 Å². The van der Waals surface area contributed by atoms with Gasteiger partial charge in [-0.15, -0.1) is 0 Å². The molecule has 0 bridgehead atoms. The highest BCUT2D eigenvalue weighted by Crippen LogP contribution is 2.09. The van der Waals surface area contributed by atoms with Crippen LogP contribution in [0.1, 0.15) is 30.4 Å². The molecule has 0 radical (unpaired) electrons. The fourth-order valence-corrected chi connectivity index (χ4v) is 3.33. The molecule has 0 aliphatic rings. The SMILES string of the molecule is OCCCN(CCCN(CCCO)Cc1ccccc1)Cc1ccccc1. The van der Waals surface area contributed by atoms with Crippen molar-refractivity contribution in [1.82, 2.24) is 9.80 Å². The molecule has 0 unspecified atom stereocenters. The van der Waals surface area contributed by atoms with E-state index < -0.39 is 0 Å². The summed E-state index contributed by atoms with van der Waals surface area (Å²) in [6.45, 7) is 6.19. The zero-order chi connectivity index (χ0) is 19.2. The van der Waals surface area contributed by atoms with Crippen molar-refractivity contribution in [3.8, 4) is 0 Å². The highest BCUT2D eigenvalue weighted by Gasteiger charge is 2.09. The predicted octanol–water partition coefficient (Wildman–Crippen LogP) is 3.15. The van der Waals surface area contributed by atoms with E-state index in [1.807, 2.05) is 12.1 Å². The van der Waals surface area contributed by atoms with E-state index in [4.69, 9.17) is 0 Å². The van der Waals surface area contributed by atoms with Crippen LogP contribution >= 0.6 is 0 Å². The van der Waals surface area contributed by atoms with Gasteiger partial charge in [0.2, 0.25) is 0 Å². The van der Waals surface area contributed by atoms with Gasteiger partial charge in [0, 0.05) is 39.4 Å². The minimum absolute atomic E-state index is 0.238. The molecule has 4 heteroatoms. The molecule has 2 aromatic carbocycles. The topological polar surface area (TPSA) is 46.9 Å². The van der Waals surface area contributed by atoms with Crippen molar-refractivity contribution in [3.05, 3.63) is 71.8 Å². The molecule has 27 heavy (non-hydrogen) atoms. The summed E-state index contributed by atoms with van der Waals surface area (Å²) in [6.07, 6.45) is 2.70. The van der Waals surface area contributed by atoms with Crippen LogP contribution in [0.5, 0.6) is 0 Å². The van der Waals surface area contributed by atoms with Gasteiger partial charge in [-0.1, -0.05) is 60.7 Å². The van der Waals surface area contributed by atoms with Crippen molar-refractivity contribution in [2.45, 2.75) is 32.4 Å². The Morgan fingerprint density at radius 2 is 0.889 bits per heavy atom. The molecule has 0 fully saturated rings. The maximum absolute atomic E-state index is 9.20. The minimum Gasteiger partial charge on any atom is -0.396 e. The van der Waals surface area contributed by atoms with E-state index in [0.717, 1.165) is 58.5 Å². The highest BCUT2D eigenvalue weighted by molar-refractivity contribution is 5.15. The van der Waals surface area contributed by atoms with Crippen LogP contribution in [-0.2, 0) is 13.1 Å². The fourth-order valence-electron chi connectivity index (χ4n) is 3.33. The van der Waals surface area contributed by atoms with Crippen molar-refractivity contribution in [3.63, 3.8) is 0 Å². The van der Waals surface area contributed by atoms with Crippen LogP contribution < -0.4 is 0 Å². The summed E-state index contributed by atoms with van der Waals surface area (Å²) in [7, 11) is 0. The van der Waals surface area contributed by atoms with Gasteiger partial charge in [-0.05, 0) is 43.5 Å². The maximum Gasteiger partial charge on any atom is 0.0443 e. The van der Waals surface area contributed by atoms with Gasteiger partial charge in [0.25, 0.3) is 0 Å². The number of benzene rings is 2. The van der Waals surface area contributed by atoms with Crippen molar-refractivity contribution < 1.29 is 10.2 Å². The van der Waals surface area contributed by atoms with Crippen LogP contribution in [0.15, 0.2) is 60.7 Å². The Labute approximate surface area is 164 Å². The Morgan fingerprint density at radius 1 is 0.519 bits per heavy atom. The molecule has 2 N–H and O–H groups in total. The van der Waals surface area contributed by atoms with Gasteiger partial charge < -0.3 is 10.2 Å². The third-order valence-corrected chi connectivity index (χ3v) is 4.71. The van der Waals surface area contributed by atoms with E-state index in [9.17, 15) is 10.2 Å². The lowest BCUT2D eigenvalue weighted by molar-refractivity contribution is 0.187. The second kappa shape index (κ2) is 13.4. The van der Waals surface area contributed by atoms with E-state index in [-0.39, 0.29) is 13.2 Å². The van der Waals surface area contributed by atoms with Gasteiger partial charge in [-0.3, -0.25) is 9.80 Å². The standard InChI is InChI=1S/C23H34N2O2/c26-18-8-16-24(20-22-10-3-1-4-11-22)14-7-15-25(17-9-19-27)21-23-12-5-2-6-13-23/h1-6,10-13,26-27H,7-9,14-21H2. The van der Waals surface area contributed by atoms with Crippen LogP contribution in [0.3, 0.4) is 0 Å². The minimum atomic E-state index is 0.238. The van der Waals surface area contributed by atoms with Crippen LogP contribution in [-0.4, -0.2) is 59.4 Å². The normalized spacial score (nSPS) is 11.4. The third kappa shape index (κ3) is 9.16. The largest absolute Gasteiger partial charge is 0.396 e. The number of hydrogen-bond acceptors (Lipinski definition) is 4. The maximum atomic E-state index is 9.20. The van der Waals surface area contributed by atoms with E-state index in [1.165, 1.54) is 11.1 Å². The molecular weight excluding hydrogens is 336 g/mol. The molecular formula is C23H34N2O2. The first-order chi connectivity index (χ1) is 13.3. The lowest BCUT2D eigenvalue weighted by atomic mass is 10.2. The Hall–Kier alpha value is -1.72. The van der Waals surface area contributed by atoms with Gasteiger partial charge in [0.1, 0.15) is 0 Å². The number of aliphatic hydroxyl groups excluding tert-OH is 2. The van der Waals surface area contributed by atoms with Crippen molar-refractivity contribution in [2.24, 2.45) is 0 Å². The molecule has 0 amide bonds. The van der Waals surface area contributed by atoms with Crippen LogP contribution in [0.2, 0.25) is 0 Å². The lowest BCUT2D eigenvalue weighted by Gasteiger charge is -2.26. The summed E-state index contributed by atoms with van der Waals surface area (Å²) in [4.78, 5) is 4.86. The molecule has 0 atom stereocenters. The molecule has 0 saturated carbocycles. The summed E-state index contributed by atoms with van der Waals surface area (Å²) >= 11 is 0. The quantitative estimate of drug-likeness (QED) is 0.536. The van der Waals surface area contributed by atoms with Gasteiger partial charge in [-0.25, -0.2) is 0 Å². The predicted molar refractivity (Wildman–Crippen MR) is 111 cm³/mol. The lowest BCUT2D eigenvalue weighted by Crippen LogP contribution is -2.31. The molecule has 0 aromatic heterocycles. The first-order valence-electron chi connectivity index (χ1n) is 10.1. The Balaban J connectivity index is 1.84. The highest BCUT2D eigenvalue weighted by atomic mass is 16.3. The average molecular weight is 371 g/mol. The second-order valence-electron chi connectivity index (χ2n) is 7.03. The van der Waals surface area contributed by atoms with Gasteiger partial charge in [0.05, 0.1) is 0 Å². The van der Waals surface area contributed by atoms with Gasteiger partial charge in [-0.2, -0.15) is 0 Å². The molecule has 148 valence electrons. The van der Waals surface area contributed by atoms with Gasteiger partial charge in [0.15, 0.2) is 0 Å². The zero-order valence-corrected chi connectivity index (χ0v) is 16.3. The molecule has 0 aliphatic heterocycles. The molecule has 2 rings (SSSR count). The summed E-state index contributed by atoms with van der Waals surface area (Å²) in [5, 5.41) is 18.4. The molecule has 4 nitrogen and oxygen atoms in total. The number of rotatable bonds is 14. The molecule has 0 heterocycles. The molecule has 0 spiro atoms. The number of aliphatic hydroxyl groups is 2. The average Bonchev–Trinajstić information content (AvgIpc) is 2.71. The molecule has 0 saturated heterocycles. The fraction of sp³-hybridized carbons (Fsp3) is 0.478. The van der Waals surface area contributed by atoms with E-state index in [0.29, 0.717) is 0 Å². The van der Waals surface area contributed by atoms with Crippen LogP contribution in [0, 0.1) is 0 Å². The summed E-state index contributed by atoms with van der Waals surface area (Å²) in [5.74, 6) is 0. The molecule has 2 aromatic rings. The monoisotopic (exact) mass is 370 g/mol. The van der Waals surface area contributed by atoms with E-state index in [2.05, 4.69) is 58.3 Å². The smallest absolute Gasteiger partial charge is 0.0443 e.